The molecule has 0 aliphatic carbocycles. The van der Waals surface area contributed by atoms with Crippen molar-refractivity contribution in [3.63, 3.8) is 0 Å². The lowest BCUT2D eigenvalue weighted by atomic mass is 10.2. The summed E-state index contributed by atoms with van der Waals surface area (Å²) < 4.78 is 10.3. The van der Waals surface area contributed by atoms with Gasteiger partial charge in [-0.2, -0.15) is 0 Å². The Morgan fingerprint density at radius 2 is 2.18 bits per heavy atom. The normalized spacial score (nSPS) is 15.9. The Morgan fingerprint density at radius 3 is 2.45 bits per heavy atom. The Kier molecular flexibility index (Phi) is 3.93. The van der Waals surface area contributed by atoms with Crippen molar-refractivity contribution in [3.05, 3.63) is 11.6 Å². The molecule has 4 nitrogen and oxygen atoms in total. The van der Waals surface area contributed by atoms with Crippen LogP contribution in [0.15, 0.2) is 11.6 Å². The molecule has 0 aromatic rings. The predicted octanol–water partition coefficient (Wildman–Crippen LogP) is -0.0908. The number of hydrogen-bond acceptors (Lipinski definition) is 3. The van der Waals surface area contributed by atoms with Gasteiger partial charge in [-0.05, 0) is 19.9 Å². The first-order valence-corrected chi connectivity index (χ1v) is 4.31. The topological polar surface area (TPSA) is 83.2 Å². The van der Waals surface area contributed by atoms with Crippen molar-refractivity contribution in [2.24, 2.45) is 5.73 Å². The van der Waals surface area contributed by atoms with Crippen molar-refractivity contribution in [1.82, 2.24) is 0 Å². The van der Waals surface area contributed by atoms with Gasteiger partial charge in [-0.3, -0.25) is 4.79 Å². The van der Waals surface area contributed by atoms with Gasteiger partial charge in [0.25, 0.3) is 0 Å². The average Bonchev–Trinajstić information content (AvgIpc) is 1.87. The molecule has 0 aliphatic heterocycles. The van der Waals surface area contributed by atoms with E-state index < -0.39 is 19.6 Å². The van der Waals surface area contributed by atoms with E-state index in [0.29, 0.717) is 0 Å². The van der Waals surface area contributed by atoms with Crippen LogP contribution in [0, 0.1) is 0 Å². The second kappa shape index (κ2) is 4.21. The van der Waals surface area contributed by atoms with Crippen LogP contribution < -0.4 is 10.6 Å². The molecule has 0 aliphatic rings. The molecule has 2 N–H and O–H groups in total. The Labute approximate surface area is 66.0 Å². The SMILES string of the molecule is CC(=CC(C)[P+](=O)[O-])C(N)=O. The van der Waals surface area contributed by atoms with Crippen molar-refractivity contribution in [2.45, 2.75) is 19.5 Å². The molecule has 0 saturated heterocycles. The highest BCUT2D eigenvalue weighted by Gasteiger charge is 2.12. The van der Waals surface area contributed by atoms with Crippen molar-refractivity contribution in [2.75, 3.05) is 0 Å². The van der Waals surface area contributed by atoms with Crippen LogP contribution in [0.5, 0.6) is 0 Å². The molecule has 11 heavy (non-hydrogen) atoms. The maximum absolute atomic E-state index is 10.4. The standard InChI is InChI=1S/C6H10NO3P/c1-4(6(7)8)3-5(2)11(9)10/h3,5H,1-2H3,(H2,7,8). The summed E-state index contributed by atoms with van der Waals surface area (Å²) in [5.41, 5.74) is 4.53. The van der Waals surface area contributed by atoms with Crippen LogP contribution >= 0.6 is 8.03 Å². The smallest absolute Gasteiger partial charge is 0.315 e. The third-order valence-corrected chi connectivity index (χ3v) is 2.03. The van der Waals surface area contributed by atoms with Gasteiger partial charge in [0, 0.05) is 5.57 Å². The van der Waals surface area contributed by atoms with E-state index in [2.05, 4.69) is 0 Å². The number of amides is 1. The van der Waals surface area contributed by atoms with Crippen LogP contribution in [-0.4, -0.2) is 11.6 Å². The number of carbonyl (C=O) groups excluding carboxylic acids is 1. The van der Waals surface area contributed by atoms with E-state index in [0.717, 1.165) is 0 Å². The number of allylic oxidation sites excluding steroid dienone is 1. The summed E-state index contributed by atoms with van der Waals surface area (Å²) in [4.78, 5) is 20.7. The molecule has 0 rings (SSSR count). The molecule has 0 radical (unpaired) electrons. The molecule has 1 amide bonds. The fourth-order valence-electron chi connectivity index (χ4n) is 0.505. The Bertz CT molecular complexity index is 212. The third-order valence-electron chi connectivity index (χ3n) is 1.21. The first kappa shape index (κ1) is 10.3. The van der Waals surface area contributed by atoms with Crippen LogP contribution in [0.1, 0.15) is 13.8 Å². The molecule has 0 heterocycles. The molecule has 0 fully saturated rings. The summed E-state index contributed by atoms with van der Waals surface area (Å²) in [5, 5.41) is 0. The molecule has 0 bridgehead atoms. The fraction of sp³-hybridized carbons (Fsp3) is 0.500. The average molecular weight is 175 g/mol. The highest BCUT2D eigenvalue weighted by Crippen LogP contribution is 2.18. The zero-order valence-corrected chi connectivity index (χ0v) is 7.30. The van der Waals surface area contributed by atoms with Gasteiger partial charge in [0.2, 0.25) is 5.91 Å². The summed E-state index contributed by atoms with van der Waals surface area (Å²) in [6.07, 6.45) is 1.33. The minimum Gasteiger partial charge on any atom is -0.595 e. The van der Waals surface area contributed by atoms with Crippen LogP contribution in [0.3, 0.4) is 0 Å². The minimum atomic E-state index is -2.50. The Balaban J connectivity index is 4.31. The number of hydrogen-bond donors (Lipinski definition) is 1. The maximum atomic E-state index is 10.4. The second-order valence-corrected chi connectivity index (χ2v) is 3.63. The predicted molar refractivity (Wildman–Crippen MR) is 40.0 cm³/mol. The molecule has 62 valence electrons. The second-order valence-electron chi connectivity index (χ2n) is 2.24. The van der Waals surface area contributed by atoms with Gasteiger partial charge in [-0.1, -0.05) is 4.57 Å². The number of carbonyl (C=O) groups is 1. The van der Waals surface area contributed by atoms with E-state index in [1.165, 1.54) is 19.9 Å². The van der Waals surface area contributed by atoms with Gasteiger partial charge in [0.05, 0.1) is 0 Å². The summed E-state index contributed by atoms with van der Waals surface area (Å²) in [5.74, 6) is -0.589. The lowest BCUT2D eigenvalue weighted by Crippen LogP contribution is -2.13. The van der Waals surface area contributed by atoms with E-state index in [1.54, 1.807) is 0 Å². The van der Waals surface area contributed by atoms with Gasteiger partial charge in [-0.15, -0.1) is 0 Å². The minimum absolute atomic E-state index is 0.275. The summed E-state index contributed by atoms with van der Waals surface area (Å²) in [6, 6.07) is 0. The molecular weight excluding hydrogens is 165 g/mol. The molecule has 0 aromatic heterocycles. The van der Waals surface area contributed by atoms with Crippen molar-refractivity contribution in [3.8, 4) is 0 Å². The van der Waals surface area contributed by atoms with Gasteiger partial charge in [-0.25, -0.2) is 0 Å². The monoisotopic (exact) mass is 175 g/mol. The lowest BCUT2D eigenvalue weighted by Gasteiger charge is -1.96. The number of primary amides is 1. The van der Waals surface area contributed by atoms with Crippen molar-refractivity contribution >= 4 is 13.9 Å². The Hall–Kier alpha value is -0.730. The van der Waals surface area contributed by atoms with Crippen molar-refractivity contribution < 1.29 is 14.3 Å². The van der Waals surface area contributed by atoms with E-state index in [1.807, 2.05) is 0 Å². The van der Waals surface area contributed by atoms with Crippen LogP contribution in [0.25, 0.3) is 0 Å². The third kappa shape index (κ3) is 3.86. The van der Waals surface area contributed by atoms with Crippen LogP contribution in [0.4, 0.5) is 0 Å². The quantitative estimate of drug-likeness (QED) is 0.480. The summed E-state index contributed by atoms with van der Waals surface area (Å²) in [7, 11) is -2.50. The van der Waals surface area contributed by atoms with Gasteiger partial charge >= 0.3 is 8.03 Å². The summed E-state index contributed by atoms with van der Waals surface area (Å²) in [6.45, 7) is 2.97. The zero-order valence-electron chi connectivity index (χ0n) is 6.40. The zero-order chi connectivity index (χ0) is 9.02. The molecule has 2 unspecified atom stereocenters. The molecular formula is C6H10NO3P. The van der Waals surface area contributed by atoms with E-state index in [4.69, 9.17) is 5.73 Å². The number of rotatable bonds is 3. The molecule has 0 spiro atoms. The first-order chi connectivity index (χ1) is 4.95. The first-order valence-electron chi connectivity index (χ1n) is 3.07. The molecule has 2 atom stereocenters. The van der Waals surface area contributed by atoms with Crippen LogP contribution in [0.2, 0.25) is 0 Å². The Morgan fingerprint density at radius 1 is 1.73 bits per heavy atom. The van der Waals surface area contributed by atoms with Crippen LogP contribution in [-0.2, 0) is 9.36 Å². The number of nitrogens with two attached hydrogens (primary N) is 1. The largest absolute Gasteiger partial charge is 0.595 e. The molecule has 5 heteroatoms. The van der Waals surface area contributed by atoms with Crippen molar-refractivity contribution in [1.29, 1.82) is 0 Å². The van der Waals surface area contributed by atoms with Gasteiger partial charge in [0.15, 0.2) is 5.66 Å². The van der Waals surface area contributed by atoms with E-state index in [9.17, 15) is 14.3 Å². The lowest BCUT2D eigenvalue weighted by molar-refractivity contribution is -0.165. The fourth-order valence-corrected chi connectivity index (χ4v) is 0.850. The van der Waals surface area contributed by atoms with Gasteiger partial charge in [0.1, 0.15) is 0 Å². The molecule has 0 saturated carbocycles. The van der Waals surface area contributed by atoms with Gasteiger partial charge < -0.3 is 10.6 Å². The molecule has 0 aromatic carbocycles. The van der Waals surface area contributed by atoms with E-state index >= 15 is 0 Å². The summed E-state index contributed by atoms with van der Waals surface area (Å²) >= 11 is 0. The highest BCUT2D eigenvalue weighted by molar-refractivity contribution is 7.37. The highest BCUT2D eigenvalue weighted by atomic mass is 31.1. The van der Waals surface area contributed by atoms with E-state index in [-0.39, 0.29) is 5.57 Å². The maximum Gasteiger partial charge on any atom is 0.315 e.